The number of aryl methyl sites for hydroxylation is 1. The molecule has 1 saturated heterocycles. The number of nitrogens with one attached hydrogen (secondary N) is 1. The molecule has 0 spiro atoms. The Balaban J connectivity index is 1.38. The second-order valence-electron chi connectivity index (χ2n) is 15.5. The highest BCUT2D eigenvalue weighted by molar-refractivity contribution is 5.89. The molecular formula is C44H49FN2O6. The van der Waals surface area contributed by atoms with Gasteiger partial charge in [0.25, 0.3) is 0 Å². The minimum Gasteiger partial charge on any atom is -0.460 e. The van der Waals surface area contributed by atoms with E-state index in [-0.39, 0.29) is 36.3 Å². The van der Waals surface area contributed by atoms with E-state index < -0.39 is 17.5 Å². The van der Waals surface area contributed by atoms with Crippen molar-refractivity contribution in [1.82, 2.24) is 4.98 Å². The predicted octanol–water partition coefficient (Wildman–Crippen LogP) is 10.4. The largest absolute Gasteiger partial charge is 0.460 e. The summed E-state index contributed by atoms with van der Waals surface area (Å²) >= 11 is 0. The van der Waals surface area contributed by atoms with E-state index in [1.165, 1.54) is 12.1 Å². The third-order valence-corrected chi connectivity index (χ3v) is 9.15. The highest BCUT2D eigenvalue weighted by Gasteiger charge is 2.36. The number of benzene rings is 3. The topological polar surface area (TPSA) is 96.0 Å². The van der Waals surface area contributed by atoms with Crippen molar-refractivity contribution in [1.29, 1.82) is 0 Å². The number of carbonyl (C=O) groups excluding carboxylic acids is 2. The SMILES string of the molecule is CC(C)c1nc2c(c(-c3ccc(F)cc3)c1/C=C/[C@@H]1C[C@H](CC(=O)OC(C)(C)C)OC(C)(C)O1)CCCc1cc(NC(=O)Oc3ccccc3)ccc1-2. The van der Waals surface area contributed by atoms with Crippen LogP contribution < -0.4 is 10.1 Å². The first-order valence-corrected chi connectivity index (χ1v) is 18.4. The van der Waals surface area contributed by atoms with Crippen LogP contribution >= 0.6 is 0 Å². The number of anilines is 1. The maximum Gasteiger partial charge on any atom is 0.417 e. The molecule has 3 aromatic carbocycles. The highest BCUT2D eigenvalue weighted by Crippen LogP contribution is 2.43. The van der Waals surface area contributed by atoms with E-state index in [2.05, 4.69) is 25.2 Å². The molecule has 9 heteroatoms. The first-order valence-electron chi connectivity index (χ1n) is 18.4. The molecule has 0 bridgehead atoms. The van der Waals surface area contributed by atoms with Gasteiger partial charge < -0.3 is 18.9 Å². The molecule has 2 atom stereocenters. The zero-order valence-electron chi connectivity index (χ0n) is 31.6. The summed E-state index contributed by atoms with van der Waals surface area (Å²) in [5.41, 5.74) is 7.85. The van der Waals surface area contributed by atoms with Crippen LogP contribution in [0, 0.1) is 5.82 Å². The Kier molecular flexibility index (Phi) is 11.2. The minimum atomic E-state index is -0.914. The molecular weight excluding hydrogens is 671 g/mol. The number of carbonyl (C=O) groups is 2. The quantitative estimate of drug-likeness (QED) is 0.181. The number of aromatic nitrogens is 1. The summed E-state index contributed by atoms with van der Waals surface area (Å²) in [6.07, 6.45) is 5.80. The van der Waals surface area contributed by atoms with Gasteiger partial charge in [-0.3, -0.25) is 15.1 Å². The van der Waals surface area contributed by atoms with E-state index in [9.17, 15) is 14.0 Å². The molecule has 0 unspecified atom stereocenters. The lowest BCUT2D eigenvalue weighted by atomic mass is 9.86. The van der Waals surface area contributed by atoms with Gasteiger partial charge in [0.15, 0.2) is 5.79 Å². The summed E-state index contributed by atoms with van der Waals surface area (Å²) in [4.78, 5) is 30.8. The zero-order chi connectivity index (χ0) is 37.9. The normalized spacial score (nSPS) is 18.2. The summed E-state index contributed by atoms with van der Waals surface area (Å²) in [5, 5.41) is 2.87. The van der Waals surface area contributed by atoms with E-state index in [1.807, 2.05) is 89.2 Å². The van der Waals surface area contributed by atoms with Gasteiger partial charge in [-0.1, -0.05) is 62.4 Å². The van der Waals surface area contributed by atoms with Crippen LogP contribution in [0.3, 0.4) is 0 Å². The zero-order valence-corrected chi connectivity index (χ0v) is 31.6. The molecule has 0 radical (unpaired) electrons. The lowest BCUT2D eigenvalue weighted by molar-refractivity contribution is -0.290. The fourth-order valence-electron chi connectivity index (χ4n) is 7.15. The molecule has 1 aliphatic heterocycles. The van der Waals surface area contributed by atoms with Crippen molar-refractivity contribution in [3.05, 3.63) is 107 Å². The number of pyridine rings is 1. The molecule has 278 valence electrons. The van der Waals surface area contributed by atoms with E-state index in [4.69, 9.17) is 23.9 Å². The van der Waals surface area contributed by atoms with Crippen molar-refractivity contribution in [3.8, 4) is 28.1 Å². The Bertz CT molecular complexity index is 1980. The Morgan fingerprint density at radius 1 is 1.02 bits per heavy atom. The summed E-state index contributed by atoms with van der Waals surface area (Å²) in [6.45, 7) is 13.5. The standard InChI is InChI=1S/C44H49FN2O6/c1-27(2)40-37(23-21-33-25-34(52-44(6,7)51-33)26-38(48)53-43(3,4)5)39(28-16-18-30(45)19-17-28)36-15-11-12-29-24-31(20-22-35(29)41(36)47-40)46-42(49)50-32-13-9-8-10-14-32/h8-10,13-14,16-24,27,33-34H,11-12,15,25-26H2,1-7H3,(H,46,49)/b23-21+/t33-,34-/m1/s1. The van der Waals surface area contributed by atoms with Gasteiger partial charge in [0.2, 0.25) is 0 Å². The van der Waals surface area contributed by atoms with Gasteiger partial charge in [0.05, 0.1) is 30.0 Å². The number of rotatable bonds is 8. The number of esters is 1. The van der Waals surface area contributed by atoms with Crippen LogP contribution in [0.25, 0.3) is 28.5 Å². The second kappa shape index (κ2) is 15.6. The monoisotopic (exact) mass is 720 g/mol. The van der Waals surface area contributed by atoms with Crippen molar-refractivity contribution < 1.29 is 32.9 Å². The first-order chi connectivity index (χ1) is 25.1. The van der Waals surface area contributed by atoms with Crippen LogP contribution in [0.2, 0.25) is 0 Å². The summed E-state index contributed by atoms with van der Waals surface area (Å²) in [7, 11) is 0. The van der Waals surface area contributed by atoms with Crippen LogP contribution in [0.4, 0.5) is 14.9 Å². The van der Waals surface area contributed by atoms with Crippen LogP contribution in [0.15, 0.2) is 78.9 Å². The smallest absolute Gasteiger partial charge is 0.417 e. The van der Waals surface area contributed by atoms with Crippen LogP contribution in [0.5, 0.6) is 5.75 Å². The Morgan fingerprint density at radius 2 is 1.75 bits per heavy atom. The Labute approximate surface area is 311 Å². The third-order valence-electron chi connectivity index (χ3n) is 9.15. The molecule has 1 fully saturated rings. The van der Waals surface area contributed by atoms with Gasteiger partial charge in [0.1, 0.15) is 17.2 Å². The maximum absolute atomic E-state index is 14.3. The van der Waals surface area contributed by atoms with Gasteiger partial charge in [0, 0.05) is 23.2 Å². The van der Waals surface area contributed by atoms with E-state index in [1.54, 1.807) is 12.1 Å². The van der Waals surface area contributed by atoms with Gasteiger partial charge in [-0.15, -0.1) is 0 Å². The number of ether oxygens (including phenoxy) is 4. The van der Waals surface area contributed by atoms with Crippen molar-refractivity contribution in [2.75, 3.05) is 5.32 Å². The number of para-hydroxylation sites is 1. The molecule has 8 nitrogen and oxygen atoms in total. The van der Waals surface area contributed by atoms with Crippen molar-refractivity contribution in [2.45, 2.75) is 110 Å². The van der Waals surface area contributed by atoms with Gasteiger partial charge in [-0.25, -0.2) is 9.18 Å². The Hall–Kier alpha value is -4.86. The summed E-state index contributed by atoms with van der Waals surface area (Å²) in [6, 6.07) is 21.5. The van der Waals surface area contributed by atoms with E-state index in [0.717, 1.165) is 64.0 Å². The van der Waals surface area contributed by atoms with Gasteiger partial charge >= 0.3 is 12.1 Å². The number of hydrogen-bond donors (Lipinski definition) is 1. The third kappa shape index (κ3) is 9.58. The average molecular weight is 721 g/mol. The lowest BCUT2D eigenvalue weighted by Gasteiger charge is -2.40. The van der Waals surface area contributed by atoms with Gasteiger partial charge in [-0.2, -0.15) is 0 Å². The maximum atomic E-state index is 14.3. The molecule has 1 aliphatic carbocycles. The number of fused-ring (bicyclic) bond motifs is 3. The van der Waals surface area contributed by atoms with E-state index >= 15 is 0 Å². The van der Waals surface area contributed by atoms with Crippen LogP contribution in [-0.4, -0.2) is 40.6 Å². The lowest BCUT2D eigenvalue weighted by Crippen LogP contribution is -2.45. The molecule has 1 amide bonds. The molecule has 0 saturated carbocycles. The number of hydrogen-bond acceptors (Lipinski definition) is 7. The molecule has 2 aliphatic rings. The first kappa shape index (κ1) is 37.9. The van der Waals surface area contributed by atoms with Gasteiger partial charge in [-0.05, 0) is 118 Å². The molecule has 53 heavy (non-hydrogen) atoms. The Morgan fingerprint density at radius 3 is 2.45 bits per heavy atom. The van der Waals surface area contributed by atoms with Crippen LogP contribution in [-0.2, 0) is 31.8 Å². The summed E-state index contributed by atoms with van der Waals surface area (Å²) < 4.78 is 37.9. The van der Waals surface area contributed by atoms with Crippen molar-refractivity contribution in [2.24, 2.45) is 0 Å². The average Bonchev–Trinajstić information content (AvgIpc) is 3.24. The molecule has 6 rings (SSSR count). The number of nitrogens with zero attached hydrogens (tertiary/aromatic N) is 1. The fraction of sp³-hybridized carbons (Fsp3) is 0.386. The van der Waals surface area contributed by atoms with Crippen molar-refractivity contribution >= 4 is 23.8 Å². The second-order valence-corrected chi connectivity index (χ2v) is 15.5. The minimum absolute atomic E-state index is 0.0477. The predicted molar refractivity (Wildman–Crippen MR) is 205 cm³/mol. The summed E-state index contributed by atoms with van der Waals surface area (Å²) in [5.74, 6) is -1.02. The number of amides is 1. The highest BCUT2D eigenvalue weighted by atomic mass is 19.1. The molecule has 1 aromatic heterocycles. The van der Waals surface area contributed by atoms with Crippen LogP contribution in [0.1, 0.15) is 96.0 Å². The molecule has 1 N–H and O–H groups in total. The molecule has 2 heterocycles. The van der Waals surface area contributed by atoms with Crippen molar-refractivity contribution in [3.63, 3.8) is 0 Å². The fourth-order valence-corrected chi connectivity index (χ4v) is 7.15. The number of halogens is 1. The van der Waals surface area contributed by atoms with E-state index in [0.29, 0.717) is 17.9 Å². The molecule has 4 aromatic rings.